The molecular formula is C17H15N3OS. The summed E-state index contributed by atoms with van der Waals surface area (Å²) in [5, 5.41) is 6.25. The van der Waals surface area contributed by atoms with Gasteiger partial charge in [0.2, 0.25) is 10.7 Å². The van der Waals surface area contributed by atoms with E-state index in [1.165, 1.54) is 18.3 Å². The normalized spacial score (nSPS) is 11.4. The fraction of sp³-hybridized carbons (Fsp3) is 0.0588. The van der Waals surface area contributed by atoms with Gasteiger partial charge in [-0.05, 0) is 17.7 Å². The first kappa shape index (κ1) is 14.3. The predicted molar refractivity (Wildman–Crippen MR) is 88.5 cm³/mol. The number of rotatable bonds is 3. The zero-order valence-electron chi connectivity index (χ0n) is 12.1. The highest BCUT2D eigenvalue weighted by Gasteiger charge is 2.09. The first-order valence-corrected chi connectivity index (χ1v) is 7.75. The standard InChI is InChI=1S/C17H15N3OS/c1-13(21)18-19-17-20(15-10-6-3-7-11-15)16(12-22-17)14-8-4-2-5-9-14/h2-12H,1H3,(H,18,21)/b19-17+. The van der Waals surface area contributed by atoms with E-state index in [1.807, 2.05) is 58.5 Å². The van der Waals surface area contributed by atoms with Crippen molar-refractivity contribution in [1.29, 1.82) is 0 Å². The zero-order valence-corrected chi connectivity index (χ0v) is 12.9. The molecule has 0 aliphatic heterocycles. The van der Waals surface area contributed by atoms with Crippen molar-refractivity contribution >= 4 is 17.2 Å². The summed E-state index contributed by atoms with van der Waals surface area (Å²) in [6.07, 6.45) is 0. The summed E-state index contributed by atoms with van der Waals surface area (Å²) >= 11 is 1.49. The van der Waals surface area contributed by atoms with Crippen LogP contribution in [0.4, 0.5) is 0 Å². The zero-order chi connectivity index (χ0) is 15.4. The summed E-state index contributed by atoms with van der Waals surface area (Å²) < 4.78 is 2.04. The van der Waals surface area contributed by atoms with Crippen molar-refractivity contribution in [3.8, 4) is 16.9 Å². The Morgan fingerprint density at radius 3 is 2.32 bits per heavy atom. The molecule has 1 amide bonds. The van der Waals surface area contributed by atoms with E-state index in [1.54, 1.807) is 0 Å². The topological polar surface area (TPSA) is 46.4 Å². The van der Waals surface area contributed by atoms with Crippen LogP contribution in [0.5, 0.6) is 0 Å². The molecule has 110 valence electrons. The molecule has 0 atom stereocenters. The highest BCUT2D eigenvalue weighted by molar-refractivity contribution is 7.07. The van der Waals surface area contributed by atoms with E-state index >= 15 is 0 Å². The highest BCUT2D eigenvalue weighted by Crippen LogP contribution is 2.22. The molecular weight excluding hydrogens is 294 g/mol. The molecule has 0 fully saturated rings. The number of para-hydroxylation sites is 1. The average molecular weight is 309 g/mol. The molecule has 0 radical (unpaired) electrons. The molecule has 4 nitrogen and oxygen atoms in total. The number of carbonyl (C=O) groups excluding carboxylic acids is 1. The van der Waals surface area contributed by atoms with Gasteiger partial charge in [0.1, 0.15) is 0 Å². The summed E-state index contributed by atoms with van der Waals surface area (Å²) in [6.45, 7) is 1.45. The fourth-order valence-electron chi connectivity index (χ4n) is 2.15. The van der Waals surface area contributed by atoms with Crippen LogP contribution in [0.1, 0.15) is 6.92 Å². The number of thiazole rings is 1. The summed E-state index contributed by atoms with van der Waals surface area (Å²) in [6, 6.07) is 20.1. The number of carbonyl (C=O) groups is 1. The van der Waals surface area contributed by atoms with Gasteiger partial charge >= 0.3 is 0 Å². The van der Waals surface area contributed by atoms with Gasteiger partial charge in [0.05, 0.1) is 5.69 Å². The molecule has 0 saturated carbocycles. The molecule has 2 aromatic carbocycles. The maximum Gasteiger partial charge on any atom is 0.237 e. The number of hydrogen-bond acceptors (Lipinski definition) is 3. The number of benzene rings is 2. The van der Waals surface area contributed by atoms with Crippen molar-refractivity contribution in [2.75, 3.05) is 0 Å². The number of aromatic nitrogens is 1. The van der Waals surface area contributed by atoms with Gasteiger partial charge in [-0.2, -0.15) is 0 Å². The predicted octanol–water partition coefficient (Wildman–Crippen LogP) is 3.16. The number of hydrogen-bond donors (Lipinski definition) is 1. The maximum atomic E-state index is 11.1. The third kappa shape index (κ3) is 2.99. The fourth-order valence-corrected chi connectivity index (χ4v) is 3.02. The third-order valence-corrected chi connectivity index (χ3v) is 3.93. The molecule has 1 N–H and O–H groups in total. The second kappa shape index (κ2) is 6.41. The maximum absolute atomic E-state index is 11.1. The summed E-state index contributed by atoms with van der Waals surface area (Å²) in [7, 11) is 0. The first-order chi connectivity index (χ1) is 10.8. The van der Waals surface area contributed by atoms with Gasteiger partial charge < -0.3 is 0 Å². The van der Waals surface area contributed by atoms with Gasteiger partial charge in [-0.15, -0.1) is 16.4 Å². The molecule has 1 aromatic heterocycles. The molecule has 0 bridgehead atoms. The summed E-state index contributed by atoms with van der Waals surface area (Å²) in [5.41, 5.74) is 5.66. The Morgan fingerprint density at radius 2 is 1.68 bits per heavy atom. The molecule has 0 spiro atoms. The van der Waals surface area contributed by atoms with Crippen LogP contribution >= 0.6 is 11.3 Å². The molecule has 0 aliphatic carbocycles. The second-order valence-electron chi connectivity index (χ2n) is 4.72. The van der Waals surface area contributed by atoms with Gasteiger partial charge in [0.25, 0.3) is 0 Å². The van der Waals surface area contributed by atoms with Crippen molar-refractivity contribution in [1.82, 2.24) is 9.99 Å². The molecule has 1 heterocycles. The molecule has 5 heteroatoms. The van der Waals surface area contributed by atoms with Gasteiger partial charge in [-0.25, -0.2) is 5.43 Å². The largest absolute Gasteiger partial charge is 0.284 e. The minimum atomic E-state index is -0.186. The monoisotopic (exact) mass is 309 g/mol. The van der Waals surface area contributed by atoms with E-state index in [4.69, 9.17) is 0 Å². The Balaban J connectivity index is 2.20. The summed E-state index contributed by atoms with van der Waals surface area (Å²) in [4.78, 5) is 11.9. The number of amides is 1. The Morgan fingerprint density at radius 1 is 1.05 bits per heavy atom. The van der Waals surface area contributed by atoms with Crippen molar-refractivity contribution in [2.24, 2.45) is 5.10 Å². The van der Waals surface area contributed by atoms with Crippen LogP contribution in [0.2, 0.25) is 0 Å². The van der Waals surface area contributed by atoms with E-state index in [9.17, 15) is 4.79 Å². The van der Waals surface area contributed by atoms with Crippen molar-refractivity contribution in [3.63, 3.8) is 0 Å². The van der Waals surface area contributed by atoms with E-state index in [0.29, 0.717) is 0 Å². The minimum absolute atomic E-state index is 0.186. The smallest absolute Gasteiger partial charge is 0.237 e. The van der Waals surface area contributed by atoms with Crippen molar-refractivity contribution < 1.29 is 4.79 Å². The van der Waals surface area contributed by atoms with Crippen LogP contribution < -0.4 is 10.2 Å². The van der Waals surface area contributed by atoms with Gasteiger partial charge in [0.15, 0.2) is 0 Å². The minimum Gasteiger partial charge on any atom is -0.284 e. The SMILES string of the molecule is CC(=O)N/N=c1/scc(-c2ccccc2)n1-c1ccccc1. The van der Waals surface area contributed by atoms with Crippen LogP contribution in [0.3, 0.4) is 0 Å². The van der Waals surface area contributed by atoms with Crippen LogP contribution in [0.25, 0.3) is 16.9 Å². The summed E-state index contributed by atoms with van der Waals surface area (Å²) in [5.74, 6) is -0.186. The van der Waals surface area contributed by atoms with Crippen LogP contribution in [-0.4, -0.2) is 10.5 Å². The van der Waals surface area contributed by atoms with Gasteiger partial charge in [-0.3, -0.25) is 9.36 Å². The van der Waals surface area contributed by atoms with Gasteiger partial charge in [-0.1, -0.05) is 48.5 Å². The highest BCUT2D eigenvalue weighted by atomic mass is 32.1. The Hall–Kier alpha value is -2.66. The number of nitrogens with one attached hydrogen (secondary N) is 1. The lowest BCUT2D eigenvalue weighted by Crippen LogP contribution is -2.21. The van der Waals surface area contributed by atoms with Gasteiger partial charge in [0, 0.05) is 18.0 Å². The Labute approximate surface area is 132 Å². The second-order valence-corrected chi connectivity index (χ2v) is 5.56. The molecule has 22 heavy (non-hydrogen) atoms. The van der Waals surface area contributed by atoms with E-state index < -0.39 is 0 Å². The van der Waals surface area contributed by atoms with Crippen LogP contribution in [-0.2, 0) is 4.79 Å². The lowest BCUT2D eigenvalue weighted by molar-refractivity contribution is -0.119. The molecule has 3 aromatic rings. The van der Waals surface area contributed by atoms with E-state index in [0.717, 1.165) is 21.7 Å². The van der Waals surface area contributed by atoms with Crippen molar-refractivity contribution in [2.45, 2.75) is 6.92 Å². The Kier molecular flexibility index (Phi) is 4.16. The van der Waals surface area contributed by atoms with Crippen LogP contribution in [0.15, 0.2) is 71.1 Å². The van der Waals surface area contributed by atoms with E-state index in [-0.39, 0.29) is 5.91 Å². The molecule has 0 aliphatic rings. The third-order valence-electron chi connectivity index (χ3n) is 3.10. The molecule has 3 rings (SSSR count). The Bertz CT molecular complexity index is 835. The lowest BCUT2D eigenvalue weighted by Gasteiger charge is -2.09. The van der Waals surface area contributed by atoms with Crippen LogP contribution in [0, 0.1) is 0 Å². The van der Waals surface area contributed by atoms with E-state index in [2.05, 4.69) is 22.7 Å². The van der Waals surface area contributed by atoms with Crippen molar-refractivity contribution in [3.05, 3.63) is 70.8 Å². The molecule has 0 saturated heterocycles. The number of nitrogens with zero attached hydrogens (tertiary/aromatic N) is 2. The average Bonchev–Trinajstić information content (AvgIpc) is 2.98. The quantitative estimate of drug-likeness (QED) is 0.742. The first-order valence-electron chi connectivity index (χ1n) is 6.87. The lowest BCUT2D eigenvalue weighted by atomic mass is 10.1. The molecule has 0 unspecified atom stereocenters.